The van der Waals surface area contributed by atoms with Crippen molar-refractivity contribution in [2.45, 2.75) is 25.9 Å². The minimum absolute atomic E-state index is 0.119. The average Bonchev–Trinajstić information content (AvgIpc) is 3.03. The molecular formula is C19H24N4O. The van der Waals surface area contributed by atoms with Crippen molar-refractivity contribution >= 4 is 5.96 Å². The molecule has 2 N–H and O–H groups in total. The lowest BCUT2D eigenvalue weighted by Crippen LogP contribution is -2.39. The third-order valence-electron chi connectivity index (χ3n) is 3.91. The second kappa shape index (κ2) is 8.34. The highest BCUT2D eigenvalue weighted by Gasteiger charge is 2.21. The van der Waals surface area contributed by atoms with Gasteiger partial charge in [0, 0.05) is 37.8 Å². The summed E-state index contributed by atoms with van der Waals surface area (Å²) in [7, 11) is 0. The number of hydrogen-bond acceptors (Lipinski definition) is 3. The first-order chi connectivity index (χ1) is 11.8. The number of guanidine groups is 1. The molecule has 0 saturated carbocycles. The van der Waals surface area contributed by atoms with E-state index in [0.717, 1.165) is 43.3 Å². The lowest BCUT2D eigenvalue weighted by Gasteiger charge is -2.13. The van der Waals surface area contributed by atoms with Crippen molar-refractivity contribution in [2.24, 2.45) is 4.99 Å². The Balaban J connectivity index is 1.49. The van der Waals surface area contributed by atoms with E-state index in [1.165, 1.54) is 5.56 Å². The molecule has 0 bridgehead atoms. The number of aromatic nitrogens is 1. The third-order valence-corrected chi connectivity index (χ3v) is 3.91. The van der Waals surface area contributed by atoms with Crippen LogP contribution in [0.25, 0.3) is 0 Å². The second-order valence-electron chi connectivity index (χ2n) is 5.77. The van der Waals surface area contributed by atoms with Crippen molar-refractivity contribution in [1.82, 2.24) is 15.6 Å². The topological polar surface area (TPSA) is 58.5 Å². The van der Waals surface area contributed by atoms with Crippen LogP contribution in [0.4, 0.5) is 0 Å². The zero-order chi connectivity index (χ0) is 16.6. The van der Waals surface area contributed by atoms with Crippen LogP contribution in [0.5, 0.6) is 5.75 Å². The first-order valence-corrected chi connectivity index (χ1v) is 8.52. The zero-order valence-corrected chi connectivity index (χ0v) is 14.0. The van der Waals surface area contributed by atoms with Crippen LogP contribution in [0, 0.1) is 0 Å². The summed E-state index contributed by atoms with van der Waals surface area (Å²) >= 11 is 0. The number of hydrogen-bond donors (Lipinski definition) is 2. The Morgan fingerprint density at radius 3 is 2.88 bits per heavy atom. The SMILES string of the molecule is CCNC(=NCC1Cc2ccccc2O1)NCCc1ccccn1. The fraction of sp³-hybridized carbons (Fsp3) is 0.368. The van der Waals surface area contributed by atoms with E-state index in [0.29, 0.717) is 6.54 Å². The highest BCUT2D eigenvalue weighted by atomic mass is 16.5. The first-order valence-electron chi connectivity index (χ1n) is 8.52. The van der Waals surface area contributed by atoms with E-state index >= 15 is 0 Å². The zero-order valence-electron chi connectivity index (χ0n) is 14.0. The Bertz CT molecular complexity index is 647. The van der Waals surface area contributed by atoms with Gasteiger partial charge in [-0.1, -0.05) is 24.3 Å². The molecule has 1 aromatic heterocycles. The van der Waals surface area contributed by atoms with Gasteiger partial charge in [-0.15, -0.1) is 0 Å². The molecule has 24 heavy (non-hydrogen) atoms. The fourth-order valence-electron chi connectivity index (χ4n) is 2.75. The summed E-state index contributed by atoms with van der Waals surface area (Å²) in [5.74, 6) is 1.82. The van der Waals surface area contributed by atoms with Crippen molar-refractivity contribution in [3.05, 3.63) is 59.9 Å². The highest BCUT2D eigenvalue weighted by Crippen LogP contribution is 2.28. The number of ether oxygens (including phenoxy) is 1. The van der Waals surface area contributed by atoms with Crippen LogP contribution in [0.2, 0.25) is 0 Å². The Kier molecular flexibility index (Phi) is 5.66. The van der Waals surface area contributed by atoms with Crippen LogP contribution < -0.4 is 15.4 Å². The van der Waals surface area contributed by atoms with Crippen LogP contribution in [-0.2, 0) is 12.8 Å². The molecule has 3 rings (SSSR count). The minimum atomic E-state index is 0.119. The first kappa shape index (κ1) is 16.3. The van der Waals surface area contributed by atoms with Gasteiger partial charge < -0.3 is 15.4 Å². The van der Waals surface area contributed by atoms with E-state index in [9.17, 15) is 0 Å². The third kappa shape index (κ3) is 4.47. The number of aliphatic imine (C=N–C) groups is 1. The van der Waals surface area contributed by atoms with Crippen molar-refractivity contribution in [3.63, 3.8) is 0 Å². The summed E-state index contributed by atoms with van der Waals surface area (Å²) in [6.07, 6.45) is 3.74. The molecule has 5 heteroatoms. The van der Waals surface area contributed by atoms with Gasteiger partial charge in [-0.2, -0.15) is 0 Å². The predicted molar refractivity (Wildman–Crippen MR) is 96.5 cm³/mol. The molecule has 2 heterocycles. The van der Waals surface area contributed by atoms with Gasteiger partial charge >= 0.3 is 0 Å². The molecule has 0 spiro atoms. The molecule has 1 aliphatic heterocycles. The molecule has 0 fully saturated rings. The Labute approximate surface area is 143 Å². The maximum absolute atomic E-state index is 5.94. The molecular weight excluding hydrogens is 300 g/mol. The molecule has 126 valence electrons. The number of benzene rings is 1. The lowest BCUT2D eigenvalue weighted by atomic mass is 10.1. The van der Waals surface area contributed by atoms with Gasteiger partial charge in [-0.25, -0.2) is 4.99 Å². The van der Waals surface area contributed by atoms with E-state index < -0.39 is 0 Å². The maximum Gasteiger partial charge on any atom is 0.191 e. The number of nitrogens with one attached hydrogen (secondary N) is 2. The molecule has 1 unspecified atom stereocenters. The van der Waals surface area contributed by atoms with E-state index in [-0.39, 0.29) is 6.10 Å². The van der Waals surface area contributed by atoms with Gasteiger partial charge in [0.05, 0.1) is 6.54 Å². The van der Waals surface area contributed by atoms with E-state index in [2.05, 4.69) is 39.7 Å². The van der Waals surface area contributed by atoms with E-state index in [4.69, 9.17) is 4.74 Å². The second-order valence-corrected chi connectivity index (χ2v) is 5.77. The molecule has 0 radical (unpaired) electrons. The maximum atomic E-state index is 5.94. The Hall–Kier alpha value is -2.56. The molecule has 1 aliphatic rings. The number of nitrogens with zero attached hydrogens (tertiary/aromatic N) is 2. The summed E-state index contributed by atoms with van der Waals surface area (Å²) in [4.78, 5) is 8.99. The molecule has 0 saturated heterocycles. The van der Waals surface area contributed by atoms with Gasteiger partial charge in [0.15, 0.2) is 5.96 Å². The smallest absolute Gasteiger partial charge is 0.191 e. The molecule has 1 atom stereocenters. The van der Waals surface area contributed by atoms with Gasteiger partial charge in [0.1, 0.15) is 11.9 Å². The molecule has 0 aliphatic carbocycles. The summed E-state index contributed by atoms with van der Waals surface area (Å²) in [6, 6.07) is 14.2. The Morgan fingerprint density at radius 2 is 2.08 bits per heavy atom. The average molecular weight is 324 g/mol. The molecule has 5 nitrogen and oxygen atoms in total. The van der Waals surface area contributed by atoms with Crippen molar-refractivity contribution in [1.29, 1.82) is 0 Å². The van der Waals surface area contributed by atoms with Gasteiger partial charge in [0.25, 0.3) is 0 Å². The number of fused-ring (bicyclic) bond motifs is 1. The van der Waals surface area contributed by atoms with Crippen LogP contribution in [0.15, 0.2) is 53.7 Å². The van der Waals surface area contributed by atoms with E-state index in [1.54, 1.807) is 0 Å². The summed E-state index contributed by atoms with van der Waals surface area (Å²) in [6.45, 7) is 4.35. The number of para-hydroxylation sites is 1. The lowest BCUT2D eigenvalue weighted by molar-refractivity contribution is 0.241. The molecule has 0 amide bonds. The van der Waals surface area contributed by atoms with Crippen LogP contribution in [-0.4, -0.2) is 36.7 Å². The summed E-state index contributed by atoms with van der Waals surface area (Å²) < 4.78 is 5.94. The van der Waals surface area contributed by atoms with Crippen LogP contribution in [0.1, 0.15) is 18.2 Å². The van der Waals surface area contributed by atoms with Gasteiger partial charge in [-0.3, -0.25) is 4.98 Å². The largest absolute Gasteiger partial charge is 0.488 e. The molecule has 2 aromatic rings. The minimum Gasteiger partial charge on any atom is -0.488 e. The van der Waals surface area contributed by atoms with Crippen LogP contribution in [0.3, 0.4) is 0 Å². The Morgan fingerprint density at radius 1 is 1.21 bits per heavy atom. The highest BCUT2D eigenvalue weighted by molar-refractivity contribution is 5.79. The summed E-state index contributed by atoms with van der Waals surface area (Å²) in [5, 5.41) is 6.63. The van der Waals surface area contributed by atoms with Crippen LogP contribution >= 0.6 is 0 Å². The van der Waals surface area contributed by atoms with Crippen molar-refractivity contribution in [3.8, 4) is 5.75 Å². The molecule has 1 aromatic carbocycles. The number of pyridine rings is 1. The monoisotopic (exact) mass is 324 g/mol. The predicted octanol–water partition coefficient (Wildman–Crippen LogP) is 2.18. The standard InChI is InChI=1S/C19H24N4O/c1-2-20-19(22-12-10-16-8-5-6-11-21-16)23-14-17-13-15-7-3-4-9-18(15)24-17/h3-9,11,17H,2,10,12-14H2,1H3,(H2,20,22,23). The van der Waals surface area contributed by atoms with E-state index in [1.807, 2.05) is 36.5 Å². The quantitative estimate of drug-likeness (QED) is 0.632. The number of rotatable bonds is 6. The summed E-state index contributed by atoms with van der Waals surface area (Å²) in [5.41, 5.74) is 2.35. The van der Waals surface area contributed by atoms with Crippen molar-refractivity contribution in [2.75, 3.05) is 19.6 Å². The normalized spacial score (nSPS) is 16.4. The van der Waals surface area contributed by atoms with Gasteiger partial charge in [0.2, 0.25) is 0 Å². The fourth-order valence-corrected chi connectivity index (χ4v) is 2.75. The van der Waals surface area contributed by atoms with Gasteiger partial charge in [-0.05, 0) is 30.7 Å². The van der Waals surface area contributed by atoms with Crippen molar-refractivity contribution < 1.29 is 4.74 Å².